The molecule has 4 amide bonds. The van der Waals surface area contributed by atoms with Gasteiger partial charge in [0.05, 0.1) is 6.04 Å². The molecule has 100 valence electrons. The molecule has 18 heavy (non-hydrogen) atoms. The largest absolute Gasteiger partial charge is 0.336 e. The molecule has 0 saturated carbocycles. The van der Waals surface area contributed by atoms with Crippen LogP contribution in [0.25, 0.3) is 0 Å². The second-order valence-corrected chi connectivity index (χ2v) is 4.56. The van der Waals surface area contributed by atoms with Crippen LogP contribution in [0, 0.1) is 0 Å². The highest BCUT2D eigenvalue weighted by atomic mass is 16.2. The average Bonchev–Trinajstić information content (AvgIpc) is 2.75. The molecule has 0 aliphatic carbocycles. The summed E-state index contributed by atoms with van der Waals surface area (Å²) in [6, 6.07) is -0.363. The standard InChI is InChI=1S/C11H18N4O3/c1-14-9(16)3-2-8(10(14)17)12-4-6-15-7-5-13-11(15)18/h8,12H,2-7H2,1H3,(H,13,18). The fraction of sp³-hybridized carbons (Fsp3) is 0.727. The third-order valence-corrected chi connectivity index (χ3v) is 3.37. The predicted octanol–water partition coefficient (Wildman–Crippen LogP) is -1.25. The van der Waals surface area contributed by atoms with Gasteiger partial charge in [-0.05, 0) is 6.42 Å². The Labute approximate surface area is 105 Å². The van der Waals surface area contributed by atoms with Crippen molar-refractivity contribution in [3.63, 3.8) is 0 Å². The Hall–Kier alpha value is -1.63. The molecule has 0 aromatic rings. The molecule has 1 atom stereocenters. The van der Waals surface area contributed by atoms with Gasteiger partial charge in [-0.3, -0.25) is 14.5 Å². The van der Waals surface area contributed by atoms with Gasteiger partial charge in [-0.2, -0.15) is 0 Å². The molecular formula is C11H18N4O3. The first-order chi connectivity index (χ1) is 8.59. The maximum absolute atomic E-state index is 11.8. The Bertz CT molecular complexity index is 371. The number of piperidine rings is 1. The molecule has 2 fully saturated rings. The van der Waals surface area contributed by atoms with Crippen LogP contribution >= 0.6 is 0 Å². The van der Waals surface area contributed by atoms with Gasteiger partial charge in [0, 0.05) is 39.6 Å². The second kappa shape index (κ2) is 5.34. The Morgan fingerprint density at radius 3 is 2.83 bits per heavy atom. The van der Waals surface area contributed by atoms with Crippen molar-refractivity contribution in [2.45, 2.75) is 18.9 Å². The van der Waals surface area contributed by atoms with E-state index in [-0.39, 0.29) is 23.9 Å². The van der Waals surface area contributed by atoms with E-state index in [0.717, 1.165) is 0 Å². The van der Waals surface area contributed by atoms with Gasteiger partial charge in [-0.15, -0.1) is 0 Å². The molecular weight excluding hydrogens is 236 g/mol. The number of rotatable bonds is 4. The zero-order valence-corrected chi connectivity index (χ0v) is 10.4. The number of carbonyl (C=O) groups is 3. The third-order valence-electron chi connectivity index (χ3n) is 3.37. The van der Waals surface area contributed by atoms with Crippen molar-refractivity contribution >= 4 is 17.8 Å². The topological polar surface area (TPSA) is 81.8 Å². The minimum Gasteiger partial charge on any atom is -0.336 e. The van der Waals surface area contributed by atoms with Crippen LogP contribution in [0.1, 0.15) is 12.8 Å². The molecule has 0 radical (unpaired) electrons. The lowest BCUT2D eigenvalue weighted by Crippen LogP contribution is -2.52. The quantitative estimate of drug-likeness (QED) is 0.614. The number of likely N-dealkylation sites (tertiary alicyclic amines) is 1. The monoisotopic (exact) mass is 254 g/mol. The minimum atomic E-state index is -0.307. The van der Waals surface area contributed by atoms with Gasteiger partial charge in [0.1, 0.15) is 0 Å². The van der Waals surface area contributed by atoms with Crippen molar-refractivity contribution in [2.24, 2.45) is 0 Å². The lowest BCUT2D eigenvalue weighted by Gasteiger charge is -2.28. The smallest absolute Gasteiger partial charge is 0.317 e. The zero-order valence-electron chi connectivity index (χ0n) is 10.4. The molecule has 1 unspecified atom stereocenters. The normalized spacial score (nSPS) is 24.7. The van der Waals surface area contributed by atoms with Crippen LogP contribution in [0.5, 0.6) is 0 Å². The summed E-state index contributed by atoms with van der Waals surface area (Å²) in [5, 5.41) is 5.82. The number of imide groups is 1. The molecule has 2 aliphatic heterocycles. The number of nitrogens with one attached hydrogen (secondary N) is 2. The van der Waals surface area contributed by atoms with E-state index < -0.39 is 0 Å². The molecule has 2 rings (SSSR count). The van der Waals surface area contributed by atoms with Gasteiger partial charge in [-0.25, -0.2) is 4.79 Å². The van der Waals surface area contributed by atoms with Gasteiger partial charge in [-0.1, -0.05) is 0 Å². The van der Waals surface area contributed by atoms with E-state index >= 15 is 0 Å². The van der Waals surface area contributed by atoms with Crippen molar-refractivity contribution in [1.82, 2.24) is 20.4 Å². The lowest BCUT2D eigenvalue weighted by molar-refractivity contribution is -0.148. The Morgan fingerprint density at radius 1 is 1.39 bits per heavy atom. The third kappa shape index (κ3) is 2.61. The van der Waals surface area contributed by atoms with Crippen LogP contribution in [-0.2, 0) is 9.59 Å². The van der Waals surface area contributed by atoms with Crippen molar-refractivity contribution in [3.05, 3.63) is 0 Å². The van der Waals surface area contributed by atoms with Gasteiger partial charge in [0.25, 0.3) is 0 Å². The minimum absolute atomic E-state index is 0.0564. The maximum Gasteiger partial charge on any atom is 0.317 e. The molecule has 7 nitrogen and oxygen atoms in total. The molecule has 2 saturated heterocycles. The zero-order chi connectivity index (χ0) is 13.1. The van der Waals surface area contributed by atoms with Crippen LogP contribution in [0.4, 0.5) is 4.79 Å². The summed E-state index contributed by atoms with van der Waals surface area (Å²) in [4.78, 5) is 37.2. The number of urea groups is 1. The summed E-state index contributed by atoms with van der Waals surface area (Å²) < 4.78 is 0. The van der Waals surface area contributed by atoms with Crippen LogP contribution in [-0.4, -0.2) is 66.9 Å². The highest BCUT2D eigenvalue weighted by molar-refractivity contribution is 6.00. The van der Waals surface area contributed by atoms with Gasteiger partial charge in [0.15, 0.2) is 0 Å². The molecule has 7 heteroatoms. The van der Waals surface area contributed by atoms with Crippen LogP contribution in [0.2, 0.25) is 0 Å². The van der Waals surface area contributed by atoms with E-state index in [9.17, 15) is 14.4 Å². The molecule has 2 heterocycles. The SMILES string of the molecule is CN1C(=O)CCC(NCCN2CCNC2=O)C1=O. The molecule has 0 bridgehead atoms. The van der Waals surface area contributed by atoms with Crippen molar-refractivity contribution in [1.29, 1.82) is 0 Å². The van der Waals surface area contributed by atoms with Crippen molar-refractivity contribution in [2.75, 3.05) is 33.2 Å². The predicted molar refractivity (Wildman–Crippen MR) is 63.8 cm³/mol. The summed E-state index contributed by atoms with van der Waals surface area (Å²) >= 11 is 0. The summed E-state index contributed by atoms with van der Waals surface area (Å²) in [6.45, 7) is 2.52. The van der Waals surface area contributed by atoms with E-state index in [2.05, 4.69) is 10.6 Å². The molecule has 0 aromatic heterocycles. The van der Waals surface area contributed by atoms with Gasteiger partial charge >= 0.3 is 6.03 Å². The summed E-state index contributed by atoms with van der Waals surface area (Å²) in [5.41, 5.74) is 0. The van der Waals surface area contributed by atoms with E-state index in [1.807, 2.05) is 0 Å². The Kier molecular flexibility index (Phi) is 3.81. The fourth-order valence-electron chi connectivity index (χ4n) is 2.20. The lowest BCUT2D eigenvalue weighted by atomic mass is 10.0. The number of carbonyl (C=O) groups excluding carboxylic acids is 3. The maximum atomic E-state index is 11.8. The summed E-state index contributed by atoms with van der Waals surface area (Å²) in [7, 11) is 1.51. The van der Waals surface area contributed by atoms with E-state index in [4.69, 9.17) is 0 Å². The number of hydrogen-bond acceptors (Lipinski definition) is 4. The van der Waals surface area contributed by atoms with Crippen LogP contribution in [0.3, 0.4) is 0 Å². The highest BCUT2D eigenvalue weighted by Crippen LogP contribution is 2.11. The van der Waals surface area contributed by atoms with Crippen molar-refractivity contribution in [3.8, 4) is 0 Å². The highest BCUT2D eigenvalue weighted by Gasteiger charge is 2.31. The number of amides is 4. The molecule has 2 aliphatic rings. The Morgan fingerprint density at radius 2 is 2.17 bits per heavy atom. The molecule has 2 N–H and O–H groups in total. The van der Waals surface area contributed by atoms with E-state index in [1.165, 1.54) is 11.9 Å². The first kappa shape index (κ1) is 12.8. The number of likely N-dealkylation sites (N-methyl/N-ethyl adjacent to an activating group) is 1. The Balaban J connectivity index is 1.75. The van der Waals surface area contributed by atoms with Crippen LogP contribution < -0.4 is 10.6 Å². The first-order valence-electron chi connectivity index (χ1n) is 6.16. The second-order valence-electron chi connectivity index (χ2n) is 4.56. The van der Waals surface area contributed by atoms with Crippen molar-refractivity contribution < 1.29 is 14.4 Å². The van der Waals surface area contributed by atoms with E-state index in [0.29, 0.717) is 39.0 Å². The molecule has 0 aromatic carbocycles. The van der Waals surface area contributed by atoms with Gasteiger partial charge < -0.3 is 15.5 Å². The number of nitrogens with zero attached hydrogens (tertiary/aromatic N) is 2. The van der Waals surface area contributed by atoms with Gasteiger partial charge in [0.2, 0.25) is 11.8 Å². The fourth-order valence-corrected chi connectivity index (χ4v) is 2.20. The summed E-state index contributed by atoms with van der Waals surface area (Å²) in [6.07, 6.45) is 0.929. The van der Waals surface area contributed by atoms with Crippen LogP contribution in [0.15, 0.2) is 0 Å². The van der Waals surface area contributed by atoms with E-state index in [1.54, 1.807) is 4.90 Å². The average molecular weight is 254 g/mol. The summed E-state index contributed by atoms with van der Waals surface area (Å²) in [5.74, 6) is -0.311. The first-order valence-corrected chi connectivity index (χ1v) is 6.16. The molecule has 0 spiro atoms. The number of hydrogen-bond donors (Lipinski definition) is 2.